The molecule has 17 heteroatoms. The first-order chi connectivity index (χ1) is 26.0. The van der Waals surface area contributed by atoms with Gasteiger partial charge in [0.15, 0.2) is 0 Å². The lowest BCUT2D eigenvalue weighted by Gasteiger charge is -2.16. The molecule has 0 bridgehead atoms. The fourth-order valence-electron chi connectivity index (χ4n) is 6.96. The number of aromatic nitrogens is 4. The van der Waals surface area contributed by atoms with Crippen LogP contribution in [0.15, 0.2) is 58.1 Å². The normalized spacial score (nSPS) is 13.2. The van der Waals surface area contributed by atoms with Crippen molar-refractivity contribution < 1.29 is 22.4 Å². The quantitative estimate of drug-likeness (QED) is 0.0802. The smallest absolute Gasteiger partial charge is 0.304 e. The number of hydrogen-bond acceptors (Lipinski definition) is 9. The molecule has 6 aromatic rings. The van der Waals surface area contributed by atoms with Crippen LogP contribution >= 0.6 is 69.1 Å². The Balaban J connectivity index is 0.829. The van der Waals surface area contributed by atoms with Gasteiger partial charge in [-0.25, -0.2) is 9.36 Å². The Labute approximate surface area is 340 Å². The van der Waals surface area contributed by atoms with Crippen molar-refractivity contribution in [3.63, 3.8) is 0 Å². The predicted octanol–water partition coefficient (Wildman–Crippen LogP) is 9.63. The highest BCUT2D eigenvalue weighted by molar-refractivity contribution is 7.88. The third-order valence-electron chi connectivity index (χ3n) is 9.50. The van der Waals surface area contributed by atoms with Crippen LogP contribution in [-0.4, -0.2) is 70.8 Å². The van der Waals surface area contributed by atoms with Gasteiger partial charge in [0.05, 0.1) is 67.2 Å². The van der Waals surface area contributed by atoms with E-state index in [9.17, 15) is 13.0 Å². The van der Waals surface area contributed by atoms with Crippen LogP contribution < -0.4 is 0 Å². The van der Waals surface area contributed by atoms with Gasteiger partial charge < -0.3 is 14.4 Å². The van der Waals surface area contributed by atoms with Gasteiger partial charge >= 0.3 is 10.1 Å². The zero-order chi connectivity index (χ0) is 37.7. The van der Waals surface area contributed by atoms with Gasteiger partial charge in [0.2, 0.25) is 0 Å². The van der Waals surface area contributed by atoms with Gasteiger partial charge in [0.1, 0.15) is 4.21 Å². The highest BCUT2D eigenvalue weighted by atomic mass is 35.5. The molecule has 10 nitrogen and oxygen atoms in total. The van der Waals surface area contributed by atoms with Gasteiger partial charge in [0, 0.05) is 60.3 Å². The van der Waals surface area contributed by atoms with Crippen molar-refractivity contribution in [1.82, 2.24) is 24.5 Å². The van der Waals surface area contributed by atoms with Crippen LogP contribution in [0.5, 0.6) is 0 Å². The average Bonchev–Trinajstić information content (AvgIpc) is 3.94. The molecule has 282 valence electrons. The number of benzene rings is 2. The van der Waals surface area contributed by atoms with Crippen LogP contribution in [0.4, 0.5) is 0 Å². The fourth-order valence-corrected chi connectivity index (χ4v) is 10.9. The summed E-state index contributed by atoms with van der Waals surface area (Å²) < 4.78 is 49.2. The molecule has 54 heavy (non-hydrogen) atoms. The topological polar surface area (TPSA) is 112 Å². The van der Waals surface area contributed by atoms with Crippen LogP contribution in [0, 0.1) is 0 Å². The van der Waals surface area contributed by atoms with Crippen molar-refractivity contribution in [3.8, 4) is 32.5 Å². The lowest BCUT2D eigenvalue weighted by atomic mass is 10.1. The van der Waals surface area contributed by atoms with Crippen molar-refractivity contribution in [2.75, 3.05) is 33.4 Å². The second-order valence-corrected chi connectivity index (χ2v) is 18.5. The van der Waals surface area contributed by atoms with Gasteiger partial charge in [-0.05, 0) is 84.9 Å². The second kappa shape index (κ2) is 15.6. The van der Waals surface area contributed by atoms with E-state index in [0.29, 0.717) is 52.0 Å². The number of ether oxygens (including phenoxy) is 2. The predicted molar refractivity (Wildman–Crippen MR) is 215 cm³/mol. The monoisotopic (exact) mass is 863 g/mol. The zero-order valence-electron chi connectivity index (χ0n) is 28.8. The molecule has 2 aliphatic rings. The van der Waals surface area contributed by atoms with E-state index in [1.807, 2.05) is 16.8 Å². The largest absolute Gasteiger partial charge is 0.375 e. The molecule has 2 aromatic carbocycles. The van der Waals surface area contributed by atoms with E-state index in [1.165, 1.54) is 22.1 Å². The molecule has 0 saturated heterocycles. The molecule has 0 unspecified atom stereocenters. The van der Waals surface area contributed by atoms with Crippen molar-refractivity contribution >= 4 is 79.2 Å². The third-order valence-corrected chi connectivity index (χ3v) is 14.0. The highest BCUT2D eigenvalue weighted by Crippen LogP contribution is 2.47. The Morgan fingerprint density at radius 1 is 0.778 bits per heavy atom. The molecular formula is C37H33Cl4N5O5S3. The maximum Gasteiger partial charge on any atom is 0.304 e. The minimum atomic E-state index is -4.34. The van der Waals surface area contributed by atoms with Crippen molar-refractivity contribution in [3.05, 3.63) is 108 Å². The highest BCUT2D eigenvalue weighted by Gasteiger charge is 2.33. The number of hydrogen-bond donors (Lipinski definition) is 1. The van der Waals surface area contributed by atoms with Crippen molar-refractivity contribution in [2.45, 2.75) is 43.1 Å². The summed E-state index contributed by atoms with van der Waals surface area (Å²) in [7, 11) is -2.25. The van der Waals surface area contributed by atoms with E-state index in [2.05, 4.69) is 23.4 Å². The number of halogens is 4. The van der Waals surface area contributed by atoms with Gasteiger partial charge in [0.25, 0.3) is 0 Å². The second-order valence-electron chi connectivity index (χ2n) is 13.2. The maximum atomic E-state index is 11.9. The van der Waals surface area contributed by atoms with Crippen LogP contribution in [0.1, 0.15) is 46.5 Å². The first-order valence-corrected chi connectivity index (χ1v) is 21.7. The number of fused-ring (bicyclic) bond motifs is 6. The molecule has 0 atom stereocenters. The van der Waals surface area contributed by atoms with E-state index in [4.69, 9.17) is 66.1 Å². The summed E-state index contributed by atoms with van der Waals surface area (Å²) in [6.07, 6.45) is 3.01. The number of nitrogens with zero attached hydrogens (tertiary/aromatic N) is 5. The standard InChI is InChI=1S/C37H33Cl4N5O5S3/c1-44(9-2-11-50-19-29-25-14-21-8-13-52-36(21)34(25)45(42-29)31-6-4-23(38)17-27(31)40)10-3-12-51-20-30-26-15-22-16-33(54(47,48)49)53-37(22)35(26)46(43-30)32-7-5-24(39)18-28(32)41/h4-8,13,16-18H,2-3,9-12,14-15,19-20H2,1H3,(H,47,48,49). The molecule has 0 radical (unpaired) electrons. The minimum Gasteiger partial charge on any atom is -0.375 e. The lowest BCUT2D eigenvalue weighted by molar-refractivity contribution is 0.0981. The Kier molecular flexibility index (Phi) is 11.0. The van der Waals surface area contributed by atoms with E-state index in [1.54, 1.807) is 40.3 Å². The molecule has 0 spiro atoms. The summed E-state index contributed by atoms with van der Waals surface area (Å²) in [5.41, 5.74) is 9.16. The Bertz CT molecular complexity index is 2490. The third kappa shape index (κ3) is 7.53. The Morgan fingerprint density at radius 2 is 1.31 bits per heavy atom. The van der Waals surface area contributed by atoms with Crippen molar-refractivity contribution in [1.29, 1.82) is 0 Å². The van der Waals surface area contributed by atoms with Gasteiger partial charge in [-0.3, -0.25) is 4.55 Å². The van der Waals surface area contributed by atoms with Gasteiger partial charge in [-0.15, -0.1) is 22.7 Å². The van der Waals surface area contributed by atoms with E-state index in [0.717, 1.165) is 88.2 Å². The summed E-state index contributed by atoms with van der Waals surface area (Å²) in [5.74, 6) is 0. The molecule has 4 aromatic heterocycles. The summed E-state index contributed by atoms with van der Waals surface area (Å²) in [4.78, 5) is 4.21. The molecule has 2 aliphatic carbocycles. The average molecular weight is 866 g/mol. The summed E-state index contributed by atoms with van der Waals surface area (Å²) in [6.45, 7) is 3.58. The molecular weight excluding hydrogens is 832 g/mol. The fraction of sp³-hybridized carbons (Fsp3) is 0.297. The van der Waals surface area contributed by atoms with E-state index in [-0.39, 0.29) is 10.8 Å². The molecule has 0 fully saturated rings. The lowest BCUT2D eigenvalue weighted by Crippen LogP contribution is -2.23. The minimum absolute atomic E-state index is 0.102. The molecule has 4 heterocycles. The SMILES string of the molecule is CN(CCCOCc1nn(-c2ccc(Cl)cc2Cl)c2c1Cc1ccsc1-2)CCCOCc1nn(-c2ccc(Cl)cc2Cl)c2c1Cc1cc(S(=O)(=O)O)sc1-2. The van der Waals surface area contributed by atoms with Crippen LogP contribution in [0.25, 0.3) is 32.5 Å². The van der Waals surface area contributed by atoms with Crippen LogP contribution in [-0.2, 0) is 45.6 Å². The van der Waals surface area contributed by atoms with Crippen molar-refractivity contribution in [2.24, 2.45) is 0 Å². The first-order valence-electron chi connectivity index (χ1n) is 17.1. The first kappa shape index (κ1) is 38.1. The molecule has 0 aliphatic heterocycles. The molecule has 8 rings (SSSR count). The molecule has 0 amide bonds. The maximum absolute atomic E-state index is 11.9. The Hall–Kier alpha value is -2.79. The van der Waals surface area contributed by atoms with E-state index >= 15 is 0 Å². The zero-order valence-corrected chi connectivity index (χ0v) is 34.3. The van der Waals surface area contributed by atoms with Gasteiger partial charge in [-0.2, -0.15) is 18.6 Å². The van der Waals surface area contributed by atoms with Gasteiger partial charge in [-0.1, -0.05) is 46.4 Å². The Morgan fingerprint density at radius 3 is 1.85 bits per heavy atom. The summed E-state index contributed by atoms with van der Waals surface area (Å²) in [6, 6.07) is 14.3. The molecule has 0 saturated carbocycles. The molecule has 1 N–H and O–H groups in total. The van der Waals surface area contributed by atoms with Crippen LogP contribution in [0.2, 0.25) is 20.1 Å². The summed E-state index contributed by atoms with van der Waals surface area (Å²) in [5, 5.41) is 13.9. The summed E-state index contributed by atoms with van der Waals surface area (Å²) >= 11 is 28.2. The van der Waals surface area contributed by atoms with E-state index < -0.39 is 10.1 Å². The number of rotatable bonds is 15. The van der Waals surface area contributed by atoms with Crippen LogP contribution in [0.3, 0.4) is 0 Å². The number of thiophene rings is 2.